The predicted molar refractivity (Wildman–Crippen MR) is 56.0 cm³/mol. The molecule has 0 aliphatic heterocycles. The Hall–Kier alpha value is -0.830. The van der Waals surface area contributed by atoms with Crippen molar-refractivity contribution in [2.45, 2.75) is 26.4 Å². The molecule has 3 nitrogen and oxygen atoms in total. The first-order valence-electron chi connectivity index (χ1n) is 4.80. The Kier molecular flexibility index (Phi) is 6.21. The maximum atomic E-state index is 11.5. The maximum absolute atomic E-state index is 11.5. The van der Waals surface area contributed by atoms with Crippen molar-refractivity contribution in [3.8, 4) is 0 Å². The molecule has 3 heteroatoms. The van der Waals surface area contributed by atoms with Gasteiger partial charge in [-0.3, -0.25) is 4.79 Å². The number of allylic oxidation sites excluding steroid dienone is 1. The lowest BCUT2D eigenvalue weighted by atomic mass is 9.90. The summed E-state index contributed by atoms with van der Waals surface area (Å²) >= 11 is 0. The van der Waals surface area contributed by atoms with E-state index in [-0.39, 0.29) is 23.9 Å². The van der Waals surface area contributed by atoms with Crippen LogP contribution in [0.5, 0.6) is 0 Å². The van der Waals surface area contributed by atoms with Crippen LogP contribution in [0.15, 0.2) is 12.7 Å². The van der Waals surface area contributed by atoms with E-state index >= 15 is 0 Å². The molecular weight excluding hydrogens is 180 g/mol. The smallest absolute Gasteiger partial charge is 0.311 e. The van der Waals surface area contributed by atoms with Crippen LogP contribution < -0.4 is 0 Å². The summed E-state index contributed by atoms with van der Waals surface area (Å²) in [4.78, 5) is 11.5. The molecule has 0 N–H and O–H groups in total. The van der Waals surface area contributed by atoms with Crippen LogP contribution in [0, 0.1) is 11.8 Å². The molecule has 0 unspecified atom stereocenters. The van der Waals surface area contributed by atoms with E-state index in [1.54, 1.807) is 13.2 Å². The van der Waals surface area contributed by atoms with Gasteiger partial charge in [0.25, 0.3) is 0 Å². The van der Waals surface area contributed by atoms with Crippen molar-refractivity contribution in [2.24, 2.45) is 11.8 Å². The Labute approximate surface area is 86.1 Å². The molecule has 0 saturated heterocycles. The number of rotatable bonds is 6. The normalized spacial score (nSPS) is 14.9. The van der Waals surface area contributed by atoms with E-state index in [1.165, 1.54) is 7.11 Å². The molecule has 0 aliphatic rings. The van der Waals surface area contributed by atoms with Gasteiger partial charge >= 0.3 is 5.97 Å². The SMILES string of the molecule is C=CC[C@@H](C(=O)OC)[C@@H](OC)C(C)C. The Balaban J connectivity index is 4.58. The fourth-order valence-electron chi connectivity index (χ4n) is 1.60. The van der Waals surface area contributed by atoms with Crippen molar-refractivity contribution in [1.82, 2.24) is 0 Å². The summed E-state index contributed by atoms with van der Waals surface area (Å²) in [5.74, 6) is -0.197. The summed E-state index contributed by atoms with van der Waals surface area (Å²) in [5.41, 5.74) is 0. The lowest BCUT2D eigenvalue weighted by molar-refractivity contribution is -0.151. The van der Waals surface area contributed by atoms with Gasteiger partial charge in [0, 0.05) is 7.11 Å². The molecule has 0 rings (SSSR count). The number of esters is 1. The molecule has 2 atom stereocenters. The van der Waals surface area contributed by atoms with E-state index in [1.807, 2.05) is 13.8 Å². The number of hydrogen-bond donors (Lipinski definition) is 0. The van der Waals surface area contributed by atoms with Crippen LogP contribution in [-0.2, 0) is 14.3 Å². The Morgan fingerprint density at radius 1 is 1.43 bits per heavy atom. The number of methoxy groups -OCH3 is 2. The number of hydrogen-bond acceptors (Lipinski definition) is 3. The first kappa shape index (κ1) is 13.2. The van der Waals surface area contributed by atoms with Gasteiger partial charge < -0.3 is 9.47 Å². The van der Waals surface area contributed by atoms with E-state index in [0.29, 0.717) is 6.42 Å². The third-order valence-corrected chi connectivity index (χ3v) is 2.25. The average Bonchev–Trinajstić information content (AvgIpc) is 2.16. The molecule has 0 aromatic carbocycles. The van der Waals surface area contributed by atoms with Gasteiger partial charge in [-0.2, -0.15) is 0 Å². The zero-order valence-electron chi connectivity index (χ0n) is 9.45. The van der Waals surface area contributed by atoms with Crippen LogP contribution >= 0.6 is 0 Å². The molecule has 0 heterocycles. The first-order valence-corrected chi connectivity index (χ1v) is 4.80. The van der Waals surface area contributed by atoms with E-state index in [0.717, 1.165) is 0 Å². The van der Waals surface area contributed by atoms with Gasteiger partial charge in [0.05, 0.1) is 19.1 Å². The quantitative estimate of drug-likeness (QED) is 0.486. The van der Waals surface area contributed by atoms with Gasteiger partial charge in [-0.05, 0) is 12.3 Å². The summed E-state index contributed by atoms with van der Waals surface area (Å²) in [6.45, 7) is 7.67. The van der Waals surface area contributed by atoms with Crippen molar-refractivity contribution in [1.29, 1.82) is 0 Å². The topological polar surface area (TPSA) is 35.5 Å². The van der Waals surface area contributed by atoms with Crippen LogP contribution in [0.3, 0.4) is 0 Å². The van der Waals surface area contributed by atoms with E-state index in [2.05, 4.69) is 6.58 Å². The molecule has 82 valence electrons. The van der Waals surface area contributed by atoms with Gasteiger partial charge in [-0.1, -0.05) is 19.9 Å². The average molecular weight is 200 g/mol. The third kappa shape index (κ3) is 3.50. The lowest BCUT2D eigenvalue weighted by Crippen LogP contribution is -2.34. The van der Waals surface area contributed by atoms with Crippen LogP contribution in [-0.4, -0.2) is 26.3 Å². The second kappa shape index (κ2) is 6.60. The van der Waals surface area contributed by atoms with E-state index in [9.17, 15) is 4.79 Å². The van der Waals surface area contributed by atoms with Crippen LogP contribution in [0.4, 0.5) is 0 Å². The monoisotopic (exact) mass is 200 g/mol. The summed E-state index contributed by atoms with van der Waals surface area (Å²) in [7, 11) is 3.01. The maximum Gasteiger partial charge on any atom is 0.311 e. The highest BCUT2D eigenvalue weighted by Crippen LogP contribution is 2.21. The third-order valence-electron chi connectivity index (χ3n) is 2.25. The number of carbonyl (C=O) groups is 1. The fourth-order valence-corrected chi connectivity index (χ4v) is 1.60. The highest BCUT2D eigenvalue weighted by Gasteiger charge is 2.30. The molecule has 0 radical (unpaired) electrons. The standard InChI is InChI=1S/C11H20O3/c1-6-7-9(11(12)14-5)10(13-4)8(2)3/h6,8-10H,1,7H2,2-5H3/t9-,10+/m1/s1. The van der Waals surface area contributed by atoms with Crippen molar-refractivity contribution in [2.75, 3.05) is 14.2 Å². The molecule has 0 aliphatic carbocycles. The zero-order chi connectivity index (χ0) is 11.1. The molecule has 14 heavy (non-hydrogen) atoms. The van der Waals surface area contributed by atoms with Crippen molar-refractivity contribution in [3.05, 3.63) is 12.7 Å². The van der Waals surface area contributed by atoms with Crippen molar-refractivity contribution in [3.63, 3.8) is 0 Å². The van der Waals surface area contributed by atoms with Crippen LogP contribution in [0.2, 0.25) is 0 Å². The minimum absolute atomic E-state index is 0.111. The second-order valence-electron chi connectivity index (χ2n) is 3.60. The largest absolute Gasteiger partial charge is 0.469 e. The highest BCUT2D eigenvalue weighted by molar-refractivity contribution is 5.73. The first-order chi connectivity index (χ1) is 6.58. The number of carbonyl (C=O) groups excluding carboxylic acids is 1. The molecule has 0 aromatic heterocycles. The molecular formula is C11H20O3. The molecule has 0 fully saturated rings. The molecule has 0 bridgehead atoms. The summed E-state index contributed by atoms with van der Waals surface area (Å²) in [6.07, 6.45) is 2.19. The van der Waals surface area contributed by atoms with Gasteiger partial charge in [0.1, 0.15) is 0 Å². The van der Waals surface area contributed by atoms with Gasteiger partial charge in [-0.15, -0.1) is 6.58 Å². The summed E-state index contributed by atoms with van der Waals surface area (Å²) in [6, 6.07) is 0. The Morgan fingerprint density at radius 3 is 2.29 bits per heavy atom. The van der Waals surface area contributed by atoms with Gasteiger partial charge in [0.15, 0.2) is 0 Å². The van der Waals surface area contributed by atoms with E-state index < -0.39 is 0 Å². The van der Waals surface area contributed by atoms with E-state index in [4.69, 9.17) is 9.47 Å². The Morgan fingerprint density at radius 2 is 2.00 bits per heavy atom. The van der Waals surface area contributed by atoms with Crippen molar-refractivity contribution >= 4 is 5.97 Å². The molecule has 0 spiro atoms. The lowest BCUT2D eigenvalue weighted by Gasteiger charge is -2.26. The minimum Gasteiger partial charge on any atom is -0.469 e. The van der Waals surface area contributed by atoms with Crippen LogP contribution in [0.1, 0.15) is 20.3 Å². The number of ether oxygens (including phenoxy) is 2. The summed E-state index contributed by atoms with van der Waals surface area (Å²) in [5, 5.41) is 0. The summed E-state index contributed by atoms with van der Waals surface area (Å²) < 4.78 is 10.0. The Bertz CT molecular complexity index is 187. The second-order valence-corrected chi connectivity index (χ2v) is 3.60. The molecule has 0 saturated carbocycles. The van der Waals surface area contributed by atoms with Gasteiger partial charge in [0.2, 0.25) is 0 Å². The minimum atomic E-state index is -0.248. The van der Waals surface area contributed by atoms with Gasteiger partial charge in [-0.25, -0.2) is 0 Å². The fraction of sp³-hybridized carbons (Fsp3) is 0.727. The van der Waals surface area contributed by atoms with Crippen LogP contribution in [0.25, 0.3) is 0 Å². The molecule has 0 amide bonds. The highest BCUT2D eigenvalue weighted by atomic mass is 16.5. The zero-order valence-corrected chi connectivity index (χ0v) is 9.45. The molecule has 0 aromatic rings. The predicted octanol–water partition coefficient (Wildman–Crippen LogP) is 2.02. The van der Waals surface area contributed by atoms with Crippen molar-refractivity contribution < 1.29 is 14.3 Å².